The minimum Gasteiger partial charge on any atom is -0.507 e. The first-order valence-electron chi connectivity index (χ1n) is 11.1. The second-order valence-corrected chi connectivity index (χ2v) is 9.09. The molecule has 180 valence electrons. The number of benzene rings is 2. The standard InChI is InChI=1S/C26H30N2O6/c1-6-18(21-22(29)19-12-7-8-13-20(19)33-24(21)31)16-10-9-11-17(14-16)28-23(30)15(2)27-25(32)34-26(3,4)5/h7-15,18,29H,6H2,1-5H3,(H,27,32)(H,28,30)/t15-,18?/m0/s1. The molecule has 1 unspecified atom stereocenters. The first kappa shape index (κ1) is 24.8. The van der Waals surface area contributed by atoms with Crippen LogP contribution in [0.15, 0.2) is 57.7 Å². The van der Waals surface area contributed by atoms with Gasteiger partial charge in [0, 0.05) is 11.6 Å². The van der Waals surface area contributed by atoms with Gasteiger partial charge in [-0.15, -0.1) is 0 Å². The number of anilines is 1. The second-order valence-electron chi connectivity index (χ2n) is 9.09. The van der Waals surface area contributed by atoms with E-state index in [-0.39, 0.29) is 11.3 Å². The van der Waals surface area contributed by atoms with Crippen molar-refractivity contribution in [3.63, 3.8) is 0 Å². The third-order valence-electron chi connectivity index (χ3n) is 5.26. The zero-order chi connectivity index (χ0) is 25.0. The molecule has 0 fully saturated rings. The van der Waals surface area contributed by atoms with Crippen molar-refractivity contribution in [3.05, 3.63) is 70.1 Å². The number of hydrogen-bond acceptors (Lipinski definition) is 6. The number of hydrogen-bond donors (Lipinski definition) is 3. The first-order valence-corrected chi connectivity index (χ1v) is 11.1. The monoisotopic (exact) mass is 466 g/mol. The third kappa shape index (κ3) is 5.75. The van der Waals surface area contributed by atoms with E-state index < -0.39 is 35.2 Å². The minimum absolute atomic E-state index is 0.108. The normalized spacial score (nSPS) is 13.2. The van der Waals surface area contributed by atoms with Crippen LogP contribution in [-0.4, -0.2) is 28.7 Å². The van der Waals surface area contributed by atoms with Crippen LogP contribution in [-0.2, 0) is 9.53 Å². The Morgan fingerprint density at radius 3 is 2.50 bits per heavy atom. The van der Waals surface area contributed by atoms with E-state index in [1.165, 1.54) is 0 Å². The number of para-hydroxylation sites is 1. The van der Waals surface area contributed by atoms with Crippen molar-refractivity contribution in [3.8, 4) is 5.75 Å². The Bertz CT molecular complexity index is 1260. The maximum atomic E-state index is 12.7. The Hall–Kier alpha value is -3.81. The van der Waals surface area contributed by atoms with E-state index in [9.17, 15) is 19.5 Å². The largest absolute Gasteiger partial charge is 0.507 e. The van der Waals surface area contributed by atoms with Crippen molar-refractivity contribution in [2.24, 2.45) is 0 Å². The molecule has 0 bridgehead atoms. The SMILES string of the molecule is CCC(c1cccc(NC(=O)[C@H](C)NC(=O)OC(C)(C)C)c1)c1c(O)c2ccccc2oc1=O. The number of carbonyl (C=O) groups is 2. The van der Waals surface area contributed by atoms with E-state index >= 15 is 0 Å². The maximum absolute atomic E-state index is 12.7. The summed E-state index contributed by atoms with van der Waals surface area (Å²) in [7, 11) is 0. The Balaban J connectivity index is 1.83. The van der Waals surface area contributed by atoms with Crippen LogP contribution in [0.1, 0.15) is 58.1 Å². The van der Waals surface area contributed by atoms with Crippen molar-refractivity contribution in [2.45, 2.75) is 58.6 Å². The number of ether oxygens (including phenoxy) is 1. The summed E-state index contributed by atoms with van der Waals surface area (Å²) in [4.78, 5) is 37.3. The molecule has 0 saturated carbocycles. The van der Waals surface area contributed by atoms with E-state index in [2.05, 4.69) is 10.6 Å². The smallest absolute Gasteiger partial charge is 0.408 e. The highest BCUT2D eigenvalue weighted by molar-refractivity contribution is 5.96. The van der Waals surface area contributed by atoms with Gasteiger partial charge >= 0.3 is 11.7 Å². The number of fused-ring (bicyclic) bond motifs is 1. The summed E-state index contributed by atoms with van der Waals surface area (Å²) in [6.07, 6.45) is -0.168. The minimum atomic E-state index is -0.836. The van der Waals surface area contributed by atoms with Crippen LogP contribution in [0.25, 0.3) is 11.0 Å². The van der Waals surface area contributed by atoms with Crippen LogP contribution in [0.3, 0.4) is 0 Å². The van der Waals surface area contributed by atoms with Crippen molar-refractivity contribution >= 4 is 28.7 Å². The van der Waals surface area contributed by atoms with Gasteiger partial charge in [0.15, 0.2) is 0 Å². The zero-order valence-electron chi connectivity index (χ0n) is 20.0. The average Bonchev–Trinajstić information content (AvgIpc) is 2.75. The first-order chi connectivity index (χ1) is 16.0. The van der Waals surface area contributed by atoms with Gasteiger partial charge in [0.2, 0.25) is 5.91 Å². The maximum Gasteiger partial charge on any atom is 0.408 e. The van der Waals surface area contributed by atoms with Crippen molar-refractivity contribution < 1.29 is 23.8 Å². The molecule has 2 aromatic carbocycles. The lowest BCUT2D eigenvalue weighted by atomic mass is 9.88. The lowest BCUT2D eigenvalue weighted by Crippen LogP contribution is -2.43. The average molecular weight is 467 g/mol. The fourth-order valence-corrected chi connectivity index (χ4v) is 3.70. The van der Waals surface area contributed by atoms with Gasteiger partial charge in [0.25, 0.3) is 0 Å². The molecule has 8 nitrogen and oxygen atoms in total. The van der Waals surface area contributed by atoms with Crippen LogP contribution >= 0.6 is 0 Å². The lowest BCUT2D eigenvalue weighted by molar-refractivity contribution is -0.117. The van der Waals surface area contributed by atoms with Gasteiger partial charge in [-0.3, -0.25) is 4.79 Å². The van der Waals surface area contributed by atoms with Crippen molar-refractivity contribution in [1.29, 1.82) is 0 Å². The number of nitrogens with one attached hydrogen (secondary N) is 2. The van der Waals surface area contributed by atoms with Gasteiger partial charge in [0.1, 0.15) is 23.0 Å². The molecule has 3 N–H and O–H groups in total. The van der Waals surface area contributed by atoms with Gasteiger partial charge in [0.05, 0.1) is 10.9 Å². The van der Waals surface area contributed by atoms with Crippen molar-refractivity contribution in [1.82, 2.24) is 5.32 Å². The highest BCUT2D eigenvalue weighted by atomic mass is 16.6. The van der Waals surface area contributed by atoms with Crippen LogP contribution in [0, 0.1) is 0 Å². The number of carbonyl (C=O) groups excluding carboxylic acids is 2. The summed E-state index contributed by atoms with van der Waals surface area (Å²) in [5.74, 6) is -0.984. The van der Waals surface area contributed by atoms with Gasteiger partial charge in [-0.1, -0.05) is 31.2 Å². The Morgan fingerprint density at radius 2 is 1.82 bits per heavy atom. The molecule has 2 atom stereocenters. The van der Waals surface area contributed by atoms with Crippen LogP contribution in [0.4, 0.5) is 10.5 Å². The fourth-order valence-electron chi connectivity index (χ4n) is 3.70. The van der Waals surface area contributed by atoms with E-state index in [1.807, 2.05) is 13.0 Å². The number of alkyl carbamates (subject to hydrolysis) is 1. The predicted octanol–water partition coefficient (Wildman–Crippen LogP) is 4.89. The molecule has 0 radical (unpaired) electrons. The molecule has 0 saturated heterocycles. The molecule has 0 spiro atoms. The molecule has 34 heavy (non-hydrogen) atoms. The fraction of sp³-hybridized carbons (Fsp3) is 0.346. The summed E-state index contributed by atoms with van der Waals surface area (Å²) >= 11 is 0. The third-order valence-corrected chi connectivity index (χ3v) is 5.26. The summed E-state index contributed by atoms with van der Waals surface area (Å²) < 4.78 is 10.6. The van der Waals surface area contributed by atoms with Gasteiger partial charge in [-0.25, -0.2) is 9.59 Å². The summed E-state index contributed by atoms with van der Waals surface area (Å²) in [5.41, 5.74) is 0.424. The van der Waals surface area contributed by atoms with Crippen LogP contribution in [0.2, 0.25) is 0 Å². The molecule has 2 amide bonds. The van der Waals surface area contributed by atoms with Gasteiger partial charge in [-0.05, 0) is 63.9 Å². The second kappa shape index (κ2) is 9.99. The van der Waals surface area contributed by atoms with Crippen molar-refractivity contribution in [2.75, 3.05) is 5.32 Å². The molecule has 0 aliphatic carbocycles. The Morgan fingerprint density at radius 1 is 1.12 bits per heavy atom. The highest BCUT2D eigenvalue weighted by Crippen LogP contribution is 2.36. The number of rotatable bonds is 6. The topological polar surface area (TPSA) is 118 Å². The molecule has 1 heterocycles. The molecular formula is C26H30N2O6. The molecule has 1 aromatic heterocycles. The quantitative estimate of drug-likeness (QED) is 0.445. The van der Waals surface area contributed by atoms with Crippen LogP contribution in [0.5, 0.6) is 5.75 Å². The Kier molecular flexibility index (Phi) is 7.29. The van der Waals surface area contributed by atoms with E-state index in [1.54, 1.807) is 70.2 Å². The molecular weight excluding hydrogens is 436 g/mol. The number of aromatic hydroxyl groups is 1. The molecule has 3 aromatic rings. The molecule has 0 aliphatic heterocycles. The van der Waals surface area contributed by atoms with E-state index in [4.69, 9.17) is 9.15 Å². The Labute approximate surface area is 197 Å². The summed E-state index contributed by atoms with van der Waals surface area (Å²) in [6.45, 7) is 8.66. The van der Waals surface area contributed by atoms with E-state index in [0.29, 0.717) is 23.1 Å². The zero-order valence-corrected chi connectivity index (χ0v) is 20.0. The number of amides is 2. The van der Waals surface area contributed by atoms with E-state index in [0.717, 1.165) is 5.56 Å². The predicted molar refractivity (Wildman–Crippen MR) is 130 cm³/mol. The molecule has 3 rings (SSSR count). The van der Waals surface area contributed by atoms with Crippen LogP contribution < -0.4 is 16.3 Å². The summed E-state index contributed by atoms with van der Waals surface area (Å²) in [6, 6.07) is 13.0. The molecule has 8 heteroatoms. The highest BCUT2D eigenvalue weighted by Gasteiger charge is 2.24. The summed E-state index contributed by atoms with van der Waals surface area (Å²) in [5, 5.41) is 16.6. The molecule has 0 aliphatic rings. The van der Waals surface area contributed by atoms with Gasteiger partial charge in [-0.2, -0.15) is 0 Å². The lowest BCUT2D eigenvalue weighted by Gasteiger charge is -2.22. The van der Waals surface area contributed by atoms with Gasteiger partial charge < -0.3 is 24.9 Å².